The lowest BCUT2D eigenvalue weighted by Gasteiger charge is -2.19. The molecule has 0 saturated carbocycles. The van der Waals surface area contributed by atoms with E-state index in [2.05, 4.69) is 0 Å². The van der Waals surface area contributed by atoms with E-state index >= 15 is 0 Å². The fraction of sp³-hybridized carbons (Fsp3) is 0.462. The highest BCUT2D eigenvalue weighted by Gasteiger charge is 2.13. The Kier molecular flexibility index (Phi) is 4.07. The van der Waals surface area contributed by atoms with Crippen LogP contribution in [0.3, 0.4) is 0 Å². The average Bonchev–Trinajstić information content (AvgIpc) is 2.13. The molecule has 1 rings (SSSR count). The molecule has 0 aliphatic heterocycles. The van der Waals surface area contributed by atoms with Crippen LogP contribution in [0.2, 0.25) is 0 Å². The van der Waals surface area contributed by atoms with Gasteiger partial charge in [-0.2, -0.15) is 0 Å². The normalized spacial score (nSPS) is 12.3. The minimum absolute atomic E-state index is 0.0484. The third-order valence-corrected chi connectivity index (χ3v) is 2.35. The summed E-state index contributed by atoms with van der Waals surface area (Å²) in [6, 6.07) is 5.77. The highest BCUT2D eigenvalue weighted by Crippen LogP contribution is 2.11. The number of aliphatic hydroxyl groups excluding tert-OH is 1. The number of likely N-dealkylation sites (N-methyl/N-ethyl adjacent to an activating group) is 1. The first-order valence-electron chi connectivity index (χ1n) is 5.42. The maximum Gasteiger partial charge on any atom is 0.253 e. The monoisotopic (exact) mass is 221 g/mol. The van der Waals surface area contributed by atoms with Gasteiger partial charge in [0.2, 0.25) is 0 Å². The molecule has 16 heavy (non-hydrogen) atoms. The van der Waals surface area contributed by atoms with Crippen molar-refractivity contribution in [2.45, 2.75) is 26.9 Å². The lowest BCUT2D eigenvalue weighted by atomic mass is 10.1. The Labute approximate surface area is 96.7 Å². The second-order valence-electron chi connectivity index (χ2n) is 4.41. The topological polar surface area (TPSA) is 40.5 Å². The summed E-state index contributed by atoms with van der Waals surface area (Å²) in [5, 5.41) is 9.23. The molecule has 1 atom stereocenters. The van der Waals surface area contributed by atoms with Crippen LogP contribution in [0, 0.1) is 13.8 Å². The highest BCUT2D eigenvalue weighted by molar-refractivity contribution is 5.94. The van der Waals surface area contributed by atoms with E-state index < -0.39 is 6.10 Å². The first kappa shape index (κ1) is 12.7. The van der Waals surface area contributed by atoms with Crippen molar-refractivity contribution in [3.63, 3.8) is 0 Å². The first-order chi connectivity index (χ1) is 7.40. The molecule has 0 bridgehead atoms. The number of hydrogen-bond donors (Lipinski definition) is 1. The van der Waals surface area contributed by atoms with Crippen molar-refractivity contribution in [3.05, 3.63) is 34.9 Å². The predicted molar refractivity (Wildman–Crippen MR) is 64.6 cm³/mol. The minimum atomic E-state index is -0.500. The van der Waals surface area contributed by atoms with E-state index in [-0.39, 0.29) is 5.91 Å². The van der Waals surface area contributed by atoms with E-state index in [1.165, 1.54) is 0 Å². The molecule has 0 spiro atoms. The van der Waals surface area contributed by atoms with Gasteiger partial charge in [0.1, 0.15) is 0 Å². The van der Waals surface area contributed by atoms with Crippen LogP contribution in [0.4, 0.5) is 0 Å². The molecule has 0 fully saturated rings. The fourth-order valence-corrected chi connectivity index (χ4v) is 1.80. The van der Waals surface area contributed by atoms with Gasteiger partial charge in [-0.1, -0.05) is 17.2 Å². The van der Waals surface area contributed by atoms with Crippen LogP contribution in [0.25, 0.3) is 0 Å². The molecule has 0 aliphatic carbocycles. The molecule has 0 heterocycles. The van der Waals surface area contributed by atoms with Crippen LogP contribution in [-0.4, -0.2) is 35.6 Å². The van der Waals surface area contributed by atoms with Gasteiger partial charge < -0.3 is 10.0 Å². The van der Waals surface area contributed by atoms with E-state index in [1.807, 2.05) is 32.0 Å². The first-order valence-corrected chi connectivity index (χ1v) is 5.42. The van der Waals surface area contributed by atoms with E-state index in [1.54, 1.807) is 18.9 Å². The quantitative estimate of drug-likeness (QED) is 0.845. The fourth-order valence-electron chi connectivity index (χ4n) is 1.80. The second kappa shape index (κ2) is 5.12. The van der Waals surface area contributed by atoms with Gasteiger partial charge in [-0.05, 0) is 32.9 Å². The molecule has 1 unspecified atom stereocenters. The van der Waals surface area contributed by atoms with Crippen molar-refractivity contribution < 1.29 is 9.90 Å². The van der Waals surface area contributed by atoms with Crippen LogP contribution in [-0.2, 0) is 0 Å². The second-order valence-corrected chi connectivity index (χ2v) is 4.41. The SMILES string of the molecule is Cc1cc(C)cc(C(=O)N(C)CC(C)O)c1. The Morgan fingerprint density at radius 2 is 1.81 bits per heavy atom. The summed E-state index contributed by atoms with van der Waals surface area (Å²) in [5.41, 5.74) is 2.84. The van der Waals surface area contributed by atoms with Gasteiger partial charge in [0.25, 0.3) is 5.91 Å². The summed E-state index contributed by atoms with van der Waals surface area (Å²) in [5.74, 6) is -0.0484. The van der Waals surface area contributed by atoms with Crippen LogP contribution in [0.5, 0.6) is 0 Å². The molecular formula is C13H19NO2. The van der Waals surface area contributed by atoms with Gasteiger partial charge >= 0.3 is 0 Å². The number of carbonyl (C=O) groups is 1. The number of carbonyl (C=O) groups excluding carboxylic acids is 1. The zero-order valence-electron chi connectivity index (χ0n) is 10.3. The number of aryl methyl sites for hydroxylation is 2. The van der Waals surface area contributed by atoms with E-state index in [0.29, 0.717) is 12.1 Å². The van der Waals surface area contributed by atoms with E-state index in [0.717, 1.165) is 11.1 Å². The minimum Gasteiger partial charge on any atom is -0.392 e. The summed E-state index contributed by atoms with van der Waals surface area (Å²) in [4.78, 5) is 13.5. The van der Waals surface area contributed by atoms with Crippen molar-refractivity contribution in [2.24, 2.45) is 0 Å². The maximum atomic E-state index is 12.0. The maximum absolute atomic E-state index is 12.0. The number of rotatable bonds is 3. The lowest BCUT2D eigenvalue weighted by Crippen LogP contribution is -2.33. The molecule has 1 aromatic rings. The summed E-state index contributed by atoms with van der Waals surface area (Å²) in [6.45, 7) is 5.97. The Morgan fingerprint density at radius 3 is 2.25 bits per heavy atom. The van der Waals surface area contributed by atoms with Gasteiger partial charge in [0, 0.05) is 19.2 Å². The number of benzene rings is 1. The van der Waals surface area contributed by atoms with Crippen molar-refractivity contribution in [2.75, 3.05) is 13.6 Å². The van der Waals surface area contributed by atoms with Gasteiger partial charge in [0.15, 0.2) is 0 Å². The summed E-state index contributed by atoms with van der Waals surface area (Å²) in [6.07, 6.45) is -0.500. The molecule has 0 saturated heterocycles. The molecule has 88 valence electrons. The van der Waals surface area contributed by atoms with Crippen molar-refractivity contribution >= 4 is 5.91 Å². The summed E-state index contributed by atoms with van der Waals surface area (Å²) < 4.78 is 0. The number of amides is 1. The molecular weight excluding hydrogens is 202 g/mol. The zero-order valence-corrected chi connectivity index (χ0v) is 10.3. The molecule has 0 aliphatic rings. The summed E-state index contributed by atoms with van der Waals surface area (Å²) >= 11 is 0. The summed E-state index contributed by atoms with van der Waals surface area (Å²) in [7, 11) is 1.70. The molecule has 1 N–H and O–H groups in total. The van der Waals surface area contributed by atoms with Crippen LogP contribution in [0.1, 0.15) is 28.4 Å². The molecule has 1 aromatic carbocycles. The van der Waals surface area contributed by atoms with E-state index in [4.69, 9.17) is 0 Å². The van der Waals surface area contributed by atoms with Gasteiger partial charge in [0.05, 0.1) is 6.10 Å². The molecule has 3 nitrogen and oxygen atoms in total. The molecule has 1 amide bonds. The standard InChI is InChI=1S/C13H19NO2/c1-9-5-10(2)7-12(6-9)13(16)14(4)8-11(3)15/h5-7,11,15H,8H2,1-4H3. The van der Waals surface area contributed by atoms with Crippen LogP contribution in [0.15, 0.2) is 18.2 Å². The zero-order chi connectivity index (χ0) is 12.3. The average molecular weight is 221 g/mol. The Hall–Kier alpha value is -1.35. The van der Waals surface area contributed by atoms with Gasteiger partial charge in [-0.15, -0.1) is 0 Å². The number of nitrogens with zero attached hydrogens (tertiary/aromatic N) is 1. The Bertz CT molecular complexity index is 365. The Balaban J connectivity index is 2.87. The number of aliphatic hydroxyl groups is 1. The molecule has 3 heteroatoms. The molecule has 0 radical (unpaired) electrons. The van der Waals surface area contributed by atoms with Crippen LogP contribution >= 0.6 is 0 Å². The van der Waals surface area contributed by atoms with Crippen molar-refractivity contribution in [3.8, 4) is 0 Å². The van der Waals surface area contributed by atoms with Crippen LogP contribution < -0.4 is 0 Å². The van der Waals surface area contributed by atoms with Crippen molar-refractivity contribution in [1.82, 2.24) is 4.90 Å². The molecule has 0 aromatic heterocycles. The van der Waals surface area contributed by atoms with Crippen molar-refractivity contribution in [1.29, 1.82) is 0 Å². The van der Waals surface area contributed by atoms with Gasteiger partial charge in [-0.25, -0.2) is 0 Å². The Morgan fingerprint density at radius 1 is 1.31 bits per heavy atom. The van der Waals surface area contributed by atoms with E-state index in [9.17, 15) is 9.90 Å². The lowest BCUT2D eigenvalue weighted by molar-refractivity contribution is 0.0703. The smallest absolute Gasteiger partial charge is 0.253 e. The third kappa shape index (κ3) is 3.35. The highest BCUT2D eigenvalue weighted by atomic mass is 16.3. The van der Waals surface area contributed by atoms with Gasteiger partial charge in [-0.3, -0.25) is 4.79 Å². The number of hydrogen-bond acceptors (Lipinski definition) is 2. The predicted octanol–water partition coefficient (Wildman–Crippen LogP) is 1.76. The largest absolute Gasteiger partial charge is 0.392 e. The third-order valence-electron chi connectivity index (χ3n) is 2.35.